The highest BCUT2D eigenvalue weighted by molar-refractivity contribution is 5.95. The summed E-state index contributed by atoms with van der Waals surface area (Å²) >= 11 is 0. The highest BCUT2D eigenvalue weighted by atomic mass is 16.6. The number of hydrogen-bond acceptors (Lipinski definition) is 4. The molecule has 0 aliphatic heterocycles. The normalized spacial score (nSPS) is 12.0. The summed E-state index contributed by atoms with van der Waals surface area (Å²) in [5, 5.41) is 19.8. The first-order chi connectivity index (χ1) is 8.82. The Labute approximate surface area is 111 Å². The minimum Gasteiger partial charge on any atom is -0.393 e. The van der Waals surface area contributed by atoms with Crippen molar-refractivity contribution in [3.8, 4) is 0 Å². The molecular weight excluding hydrogens is 248 g/mol. The molecular formula is C13H18N2O4. The van der Waals surface area contributed by atoms with Crippen LogP contribution < -0.4 is 0 Å². The fourth-order valence-electron chi connectivity index (χ4n) is 1.69. The minimum absolute atomic E-state index is 0.0271. The second-order valence-electron chi connectivity index (χ2n) is 4.62. The van der Waals surface area contributed by atoms with Crippen LogP contribution in [-0.4, -0.2) is 40.5 Å². The molecule has 0 aliphatic carbocycles. The van der Waals surface area contributed by atoms with Crippen LogP contribution >= 0.6 is 0 Å². The highest BCUT2D eigenvalue weighted by Gasteiger charge is 2.17. The van der Waals surface area contributed by atoms with Gasteiger partial charge in [-0.1, -0.05) is 0 Å². The molecule has 0 aromatic heterocycles. The van der Waals surface area contributed by atoms with Crippen molar-refractivity contribution in [2.45, 2.75) is 26.4 Å². The van der Waals surface area contributed by atoms with Crippen molar-refractivity contribution in [3.05, 3.63) is 39.4 Å². The first-order valence-corrected chi connectivity index (χ1v) is 6.01. The van der Waals surface area contributed by atoms with Crippen molar-refractivity contribution in [1.29, 1.82) is 0 Å². The minimum atomic E-state index is -0.488. The average Bonchev–Trinajstić information content (AvgIpc) is 2.34. The Kier molecular flexibility index (Phi) is 5.00. The van der Waals surface area contributed by atoms with Crippen molar-refractivity contribution in [3.63, 3.8) is 0 Å². The van der Waals surface area contributed by atoms with E-state index in [1.165, 1.54) is 23.1 Å². The lowest BCUT2D eigenvalue weighted by atomic mass is 10.1. The third-order valence-electron chi connectivity index (χ3n) is 2.88. The van der Waals surface area contributed by atoms with Crippen LogP contribution in [0.1, 0.15) is 29.3 Å². The molecule has 1 aromatic rings. The van der Waals surface area contributed by atoms with Gasteiger partial charge >= 0.3 is 0 Å². The molecule has 104 valence electrons. The first-order valence-electron chi connectivity index (χ1n) is 6.01. The second-order valence-corrected chi connectivity index (χ2v) is 4.62. The van der Waals surface area contributed by atoms with Gasteiger partial charge in [0.05, 0.1) is 11.0 Å². The van der Waals surface area contributed by atoms with E-state index in [9.17, 15) is 20.0 Å². The zero-order chi connectivity index (χ0) is 14.6. The van der Waals surface area contributed by atoms with Crippen molar-refractivity contribution >= 4 is 11.6 Å². The molecule has 0 aliphatic rings. The van der Waals surface area contributed by atoms with E-state index in [4.69, 9.17) is 0 Å². The summed E-state index contributed by atoms with van der Waals surface area (Å²) in [6.07, 6.45) is 0.0297. The Morgan fingerprint density at radius 2 is 2.16 bits per heavy atom. The van der Waals surface area contributed by atoms with Crippen molar-refractivity contribution in [1.82, 2.24) is 4.90 Å². The maximum atomic E-state index is 12.1. The number of nitro groups is 1. The Bertz CT molecular complexity index is 486. The van der Waals surface area contributed by atoms with Crippen LogP contribution in [-0.2, 0) is 0 Å². The zero-order valence-electron chi connectivity index (χ0n) is 11.3. The van der Waals surface area contributed by atoms with Crippen LogP contribution in [0.25, 0.3) is 0 Å². The fraction of sp³-hybridized carbons (Fsp3) is 0.462. The van der Waals surface area contributed by atoms with Gasteiger partial charge in [0, 0.05) is 31.3 Å². The summed E-state index contributed by atoms with van der Waals surface area (Å²) in [5.74, 6) is -0.201. The number of non-ortho nitro benzene ring substituents is 1. The molecule has 19 heavy (non-hydrogen) atoms. The molecule has 1 N–H and O–H groups in total. The summed E-state index contributed by atoms with van der Waals surface area (Å²) in [4.78, 5) is 23.8. The third-order valence-corrected chi connectivity index (χ3v) is 2.88. The van der Waals surface area contributed by atoms with E-state index in [0.29, 0.717) is 24.1 Å². The summed E-state index contributed by atoms with van der Waals surface area (Å²) < 4.78 is 0. The molecule has 6 nitrogen and oxygen atoms in total. The maximum Gasteiger partial charge on any atom is 0.269 e. The number of hydrogen-bond donors (Lipinski definition) is 1. The van der Waals surface area contributed by atoms with E-state index in [0.717, 1.165) is 0 Å². The Hall–Kier alpha value is -1.95. The van der Waals surface area contributed by atoms with Gasteiger partial charge in [-0.15, -0.1) is 0 Å². The topological polar surface area (TPSA) is 83.7 Å². The monoisotopic (exact) mass is 266 g/mol. The fourth-order valence-corrected chi connectivity index (χ4v) is 1.69. The molecule has 6 heteroatoms. The largest absolute Gasteiger partial charge is 0.393 e. The zero-order valence-corrected chi connectivity index (χ0v) is 11.3. The molecule has 0 heterocycles. The number of carbonyl (C=O) groups is 1. The van der Waals surface area contributed by atoms with E-state index in [-0.39, 0.29) is 11.6 Å². The van der Waals surface area contributed by atoms with Crippen LogP contribution in [0.5, 0.6) is 0 Å². The number of aliphatic hydroxyl groups excluding tert-OH is 1. The number of carbonyl (C=O) groups excluding carboxylic acids is 1. The molecule has 1 atom stereocenters. The molecule has 1 rings (SSSR count). The number of aliphatic hydroxyl groups is 1. The Morgan fingerprint density at radius 1 is 1.53 bits per heavy atom. The lowest BCUT2D eigenvalue weighted by Gasteiger charge is -2.19. The van der Waals surface area contributed by atoms with Crippen LogP contribution in [0.4, 0.5) is 5.69 Å². The van der Waals surface area contributed by atoms with Gasteiger partial charge in [0.1, 0.15) is 0 Å². The van der Waals surface area contributed by atoms with E-state index >= 15 is 0 Å². The number of rotatable bonds is 5. The summed E-state index contributed by atoms with van der Waals surface area (Å²) in [5.41, 5.74) is 0.988. The number of nitrogens with zero attached hydrogens (tertiary/aromatic N) is 2. The number of amides is 1. The van der Waals surface area contributed by atoms with Crippen molar-refractivity contribution in [2.24, 2.45) is 0 Å². The predicted molar refractivity (Wildman–Crippen MR) is 71.1 cm³/mol. The highest BCUT2D eigenvalue weighted by Crippen LogP contribution is 2.18. The van der Waals surface area contributed by atoms with Crippen LogP contribution in [0.2, 0.25) is 0 Å². The SMILES string of the molecule is Cc1cc([N+](=O)[O-])ccc1C(=O)N(C)CCC(C)O. The predicted octanol–water partition coefficient (Wildman–Crippen LogP) is 1.75. The molecule has 0 radical (unpaired) electrons. The smallest absolute Gasteiger partial charge is 0.269 e. The Morgan fingerprint density at radius 3 is 2.63 bits per heavy atom. The molecule has 0 saturated carbocycles. The van der Waals surface area contributed by atoms with E-state index in [2.05, 4.69) is 0 Å². The third kappa shape index (κ3) is 4.03. The molecule has 1 amide bonds. The maximum absolute atomic E-state index is 12.1. The van der Waals surface area contributed by atoms with Gasteiger partial charge in [-0.2, -0.15) is 0 Å². The van der Waals surface area contributed by atoms with E-state index < -0.39 is 11.0 Å². The second kappa shape index (κ2) is 6.29. The lowest BCUT2D eigenvalue weighted by molar-refractivity contribution is -0.384. The summed E-state index contributed by atoms with van der Waals surface area (Å²) in [6, 6.07) is 4.17. The van der Waals surface area contributed by atoms with Gasteiger partial charge in [0.25, 0.3) is 11.6 Å². The standard InChI is InChI=1S/C13H18N2O4/c1-9-8-11(15(18)19)4-5-12(9)13(17)14(3)7-6-10(2)16/h4-5,8,10,16H,6-7H2,1-3H3. The number of nitro benzene ring substituents is 1. The van der Waals surface area contributed by atoms with Crippen LogP contribution in [0.3, 0.4) is 0 Å². The van der Waals surface area contributed by atoms with Crippen LogP contribution in [0.15, 0.2) is 18.2 Å². The van der Waals surface area contributed by atoms with Gasteiger partial charge in [-0.25, -0.2) is 0 Å². The molecule has 0 bridgehead atoms. The molecule has 0 fully saturated rings. The Balaban J connectivity index is 2.85. The molecule has 1 unspecified atom stereocenters. The first kappa shape index (κ1) is 15.1. The van der Waals surface area contributed by atoms with Crippen LogP contribution in [0, 0.1) is 17.0 Å². The van der Waals surface area contributed by atoms with Crippen molar-refractivity contribution in [2.75, 3.05) is 13.6 Å². The van der Waals surface area contributed by atoms with Gasteiger partial charge in [0.2, 0.25) is 0 Å². The molecule has 1 aromatic carbocycles. The summed E-state index contributed by atoms with van der Waals surface area (Å²) in [6.45, 7) is 3.77. The van der Waals surface area contributed by atoms with E-state index in [1.54, 1.807) is 20.9 Å². The van der Waals surface area contributed by atoms with Gasteiger partial charge in [-0.05, 0) is 31.9 Å². The molecule has 0 spiro atoms. The van der Waals surface area contributed by atoms with Gasteiger partial charge in [0.15, 0.2) is 0 Å². The number of benzene rings is 1. The van der Waals surface area contributed by atoms with Crippen molar-refractivity contribution < 1.29 is 14.8 Å². The quantitative estimate of drug-likeness (QED) is 0.650. The average molecular weight is 266 g/mol. The molecule has 0 saturated heterocycles. The number of aryl methyl sites for hydroxylation is 1. The lowest BCUT2D eigenvalue weighted by Crippen LogP contribution is -2.29. The van der Waals surface area contributed by atoms with E-state index in [1.807, 2.05) is 0 Å². The van der Waals surface area contributed by atoms with Gasteiger partial charge in [-0.3, -0.25) is 14.9 Å². The van der Waals surface area contributed by atoms with Gasteiger partial charge < -0.3 is 10.0 Å². The summed E-state index contributed by atoms with van der Waals surface area (Å²) in [7, 11) is 1.64.